The van der Waals surface area contributed by atoms with Gasteiger partial charge in [-0.15, -0.1) is 0 Å². The molecule has 5 rings (SSSR count). The van der Waals surface area contributed by atoms with Crippen LogP contribution in [0.5, 0.6) is 0 Å². The lowest BCUT2D eigenvalue weighted by Gasteiger charge is -2.46. The fourth-order valence-corrected chi connectivity index (χ4v) is 4.12. The number of hydrogen-bond acceptors (Lipinski definition) is 3. The molecule has 108 valence electrons. The van der Waals surface area contributed by atoms with Crippen LogP contribution in [0.15, 0.2) is 48.5 Å². The maximum Gasteiger partial charge on any atom is 0.262 e. The Morgan fingerprint density at radius 3 is 2.36 bits per heavy atom. The third kappa shape index (κ3) is 1.28. The number of amides is 1. The highest BCUT2D eigenvalue weighted by molar-refractivity contribution is 6.18. The molecule has 0 aliphatic carbocycles. The Hall–Kier alpha value is -2.62. The van der Waals surface area contributed by atoms with Gasteiger partial charge in [0, 0.05) is 12.1 Å². The number of para-hydroxylation sites is 2. The van der Waals surface area contributed by atoms with E-state index < -0.39 is 0 Å². The van der Waals surface area contributed by atoms with Crippen LogP contribution in [0.2, 0.25) is 0 Å². The molecular formula is C18H14N2O2. The van der Waals surface area contributed by atoms with Gasteiger partial charge >= 0.3 is 0 Å². The van der Waals surface area contributed by atoms with Crippen molar-refractivity contribution in [3.8, 4) is 0 Å². The van der Waals surface area contributed by atoms with E-state index in [1.54, 1.807) is 0 Å². The third-order valence-corrected chi connectivity index (χ3v) is 5.05. The van der Waals surface area contributed by atoms with Gasteiger partial charge in [-0.2, -0.15) is 0 Å². The normalized spacial score (nSPS) is 24.9. The molecule has 0 saturated carbocycles. The van der Waals surface area contributed by atoms with Crippen LogP contribution in [0, 0.1) is 5.92 Å². The van der Waals surface area contributed by atoms with Crippen molar-refractivity contribution in [2.45, 2.75) is 12.6 Å². The van der Waals surface area contributed by atoms with E-state index in [0.717, 1.165) is 29.9 Å². The molecule has 0 aromatic heterocycles. The summed E-state index contributed by atoms with van der Waals surface area (Å²) in [4.78, 5) is 29.9. The van der Waals surface area contributed by atoms with Crippen LogP contribution >= 0.6 is 0 Å². The SMILES string of the molecule is O=C1c2ccccc2N2C(=O)c3ccccc3N3CC[C@H]1[C@@H]32. The molecule has 0 radical (unpaired) electrons. The molecule has 3 heterocycles. The zero-order chi connectivity index (χ0) is 14.8. The monoisotopic (exact) mass is 290 g/mol. The van der Waals surface area contributed by atoms with Crippen LogP contribution in [0.3, 0.4) is 0 Å². The molecule has 22 heavy (non-hydrogen) atoms. The second-order valence-corrected chi connectivity index (χ2v) is 6.08. The van der Waals surface area contributed by atoms with E-state index in [-0.39, 0.29) is 23.8 Å². The Kier molecular flexibility index (Phi) is 2.16. The largest absolute Gasteiger partial charge is 0.349 e. The van der Waals surface area contributed by atoms with Crippen molar-refractivity contribution in [1.82, 2.24) is 0 Å². The molecule has 0 unspecified atom stereocenters. The van der Waals surface area contributed by atoms with Crippen LogP contribution in [0.25, 0.3) is 0 Å². The van der Waals surface area contributed by atoms with E-state index in [0.29, 0.717) is 5.56 Å². The number of benzene rings is 2. The summed E-state index contributed by atoms with van der Waals surface area (Å²) in [6.45, 7) is 0.815. The quantitative estimate of drug-likeness (QED) is 0.749. The van der Waals surface area contributed by atoms with Crippen molar-refractivity contribution in [2.24, 2.45) is 5.92 Å². The summed E-state index contributed by atoms with van der Waals surface area (Å²) >= 11 is 0. The van der Waals surface area contributed by atoms with Crippen LogP contribution in [-0.4, -0.2) is 24.4 Å². The van der Waals surface area contributed by atoms with E-state index in [1.165, 1.54) is 0 Å². The van der Waals surface area contributed by atoms with Crippen molar-refractivity contribution in [1.29, 1.82) is 0 Å². The van der Waals surface area contributed by atoms with Crippen LogP contribution in [0.1, 0.15) is 27.1 Å². The number of fused-ring (bicyclic) bond motifs is 4. The second-order valence-electron chi connectivity index (χ2n) is 6.08. The summed E-state index contributed by atoms with van der Waals surface area (Å²) in [5.41, 5.74) is 3.12. The first-order valence-electron chi connectivity index (χ1n) is 7.60. The first-order chi connectivity index (χ1) is 10.8. The Bertz CT molecular complexity index is 829. The topological polar surface area (TPSA) is 40.6 Å². The fourth-order valence-electron chi connectivity index (χ4n) is 4.12. The van der Waals surface area contributed by atoms with Gasteiger partial charge in [0.1, 0.15) is 6.17 Å². The summed E-state index contributed by atoms with van der Waals surface area (Å²) in [5, 5.41) is 0. The molecule has 2 atom stereocenters. The van der Waals surface area contributed by atoms with Gasteiger partial charge in [0.15, 0.2) is 5.78 Å². The Labute approximate surface area is 128 Å². The van der Waals surface area contributed by atoms with E-state index in [1.807, 2.05) is 53.4 Å². The number of carbonyl (C=O) groups is 2. The molecule has 0 spiro atoms. The van der Waals surface area contributed by atoms with Crippen LogP contribution in [0.4, 0.5) is 11.4 Å². The molecule has 3 aliphatic rings. The smallest absolute Gasteiger partial charge is 0.262 e. The van der Waals surface area contributed by atoms with Gasteiger partial charge in [0.25, 0.3) is 5.91 Å². The van der Waals surface area contributed by atoms with Crippen LogP contribution in [-0.2, 0) is 0 Å². The minimum Gasteiger partial charge on any atom is -0.349 e. The fraction of sp³-hybridized carbons (Fsp3) is 0.222. The molecule has 4 heteroatoms. The molecule has 1 saturated heterocycles. The molecule has 0 bridgehead atoms. The van der Waals surface area contributed by atoms with Gasteiger partial charge in [-0.05, 0) is 30.7 Å². The predicted molar refractivity (Wildman–Crippen MR) is 83.3 cm³/mol. The highest BCUT2D eigenvalue weighted by atomic mass is 16.2. The molecule has 0 N–H and O–H groups in total. The van der Waals surface area contributed by atoms with E-state index in [4.69, 9.17) is 0 Å². The van der Waals surface area contributed by atoms with Crippen molar-refractivity contribution in [3.05, 3.63) is 59.7 Å². The Morgan fingerprint density at radius 1 is 0.864 bits per heavy atom. The summed E-state index contributed by atoms with van der Waals surface area (Å²) in [5.74, 6) is 0.0578. The summed E-state index contributed by atoms with van der Waals surface area (Å²) in [6.07, 6.45) is 0.639. The Morgan fingerprint density at radius 2 is 1.55 bits per heavy atom. The number of anilines is 2. The number of ketones is 1. The number of Topliss-reactive ketones (excluding diaryl/α,β-unsaturated/α-hetero) is 1. The van der Waals surface area contributed by atoms with Gasteiger partial charge < -0.3 is 4.90 Å². The standard InChI is InChI=1S/C18H14N2O2/c21-16-11-5-1-4-8-15(11)20-17-13(16)9-10-19(17)14-7-3-2-6-12(14)18(20)22/h1-8,13,17H,9-10H2/t13-,17+/m1/s1. The zero-order valence-electron chi connectivity index (χ0n) is 11.9. The predicted octanol–water partition coefficient (Wildman–Crippen LogP) is 2.70. The van der Waals surface area contributed by atoms with Crippen molar-refractivity contribution >= 4 is 23.1 Å². The minimum absolute atomic E-state index is 0.00343. The lowest BCUT2D eigenvalue weighted by molar-refractivity contribution is 0.0874. The Balaban J connectivity index is 1.80. The lowest BCUT2D eigenvalue weighted by Crippen LogP contribution is -2.58. The number of nitrogens with zero attached hydrogens (tertiary/aromatic N) is 2. The van der Waals surface area contributed by atoms with Crippen molar-refractivity contribution < 1.29 is 9.59 Å². The average molecular weight is 290 g/mol. The summed E-state index contributed by atoms with van der Waals surface area (Å²) < 4.78 is 0. The van der Waals surface area contributed by atoms with Crippen molar-refractivity contribution in [2.75, 3.05) is 16.3 Å². The second kappa shape index (κ2) is 3.97. The van der Waals surface area contributed by atoms with E-state index >= 15 is 0 Å². The molecule has 1 amide bonds. The number of rotatable bonds is 0. The first-order valence-corrected chi connectivity index (χ1v) is 7.60. The number of carbonyl (C=O) groups excluding carboxylic acids is 2. The van der Waals surface area contributed by atoms with E-state index in [9.17, 15) is 9.59 Å². The van der Waals surface area contributed by atoms with Gasteiger partial charge in [-0.3, -0.25) is 14.5 Å². The van der Waals surface area contributed by atoms with Crippen LogP contribution < -0.4 is 9.80 Å². The average Bonchev–Trinajstić information content (AvgIpc) is 3.00. The summed E-state index contributed by atoms with van der Waals surface area (Å²) in [6, 6.07) is 15.2. The molecule has 1 fully saturated rings. The lowest BCUT2D eigenvalue weighted by atomic mass is 9.86. The first kappa shape index (κ1) is 12.0. The molecular weight excluding hydrogens is 276 g/mol. The molecule has 2 aromatic carbocycles. The number of hydrogen-bond donors (Lipinski definition) is 0. The zero-order valence-corrected chi connectivity index (χ0v) is 11.9. The van der Waals surface area contributed by atoms with Gasteiger partial charge in [0.05, 0.1) is 22.9 Å². The maximum absolute atomic E-state index is 13.0. The summed E-state index contributed by atoms with van der Waals surface area (Å²) in [7, 11) is 0. The third-order valence-electron chi connectivity index (χ3n) is 5.05. The highest BCUT2D eigenvalue weighted by Crippen LogP contribution is 2.46. The minimum atomic E-state index is -0.162. The van der Waals surface area contributed by atoms with E-state index in [2.05, 4.69) is 4.90 Å². The van der Waals surface area contributed by atoms with Gasteiger partial charge in [-0.1, -0.05) is 24.3 Å². The van der Waals surface area contributed by atoms with Crippen molar-refractivity contribution in [3.63, 3.8) is 0 Å². The molecule has 4 nitrogen and oxygen atoms in total. The molecule has 3 aliphatic heterocycles. The van der Waals surface area contributed by atoms with Gasteiger partial charge in [0.2, 0.25) is 0 Å². The van der Waals surface area contributed by atoms with Gasteiger partial charge in [-0.25, -0.2) is 0 Å². The maximum atomic E-state index is 13.0. The highest BCUT2D eigenvalue weighted by Gasteiger charge is 2.52. The molecule has 2 aromatic rings.